The highest BCUT2D eigenvalue weighted by atomic mass is 32.1. The number of methoxy groups -OCH3 is 1. The van der Waals surface area contributed by atoms with Crippen molar-refractivity contribution in [3.8, 4) is 27.6 Å². The van der Waals surface area contributed by atoms with Crippen molar-refractivity contribution in [1.82, 2.24) is 9.97 Å². The maximum absolute atomic E-state index is 12.3. The smallest absolute Gasteiger partial charge is 0.358 e. The van der Waals surface area contributed by atoms with Gasteiger partial charge in [0.05, 0.1) is 13.3 Å². The molecule has 0 fully saturated rings. The van der Waals surface area contributed by atoms with E-state index in [1.807, 2.05) is 54.6 Å². The number of carbonyl (C=O) groups excluding carboxylic acids is 1. The first-order chi connectivity index (χ1) is 13.7. The average molecular weight is 392 g/mol. The van der Waals surface area contributed by atoms with Gasteiger partial charge in [0.1, 0.15) is 10.8 Å². The molecule has 0 aliphatic heterocycles. The maximum atomic E-state index is 12.3. The standard InChI is InChI=1S/C21H16N2O4S/c1-25-16-9-7-15(8-10-16)20-23-17(13-28-20)21(24)26-12-19-22-11-18(27-19)14-5-3-2-4-6-14/h2-11,13H,12H2,1H3. The van der Waals surface area contributed by atoms with Crippen LogP contribution < -0.4 is 4.74 Å². The summed E-state index contributed by atoms with van der Waals surface area (Å²) >= 11 is 1.38. The van der Waals surface area contributed by atoms with Crippen LogP contribution in [0.5, 0.6) is 5.75 Å². The monoisotopic (exact) mass is 392 g/mol. The van der Waals surface area contributed by atoms with Crippen LogP contribution in [0, 0.1) is 0 Å². The normalized spacial score (nSPS) is 10.6. The third-order valence-corrected chi connectivity index (χ3v) is 4.88. The van der Waals surface area contributed by atoms with Gasteiger partial charge in [-0.1, -0.05) is 30.3 Å². The molecule has 4 aromatic rings. The second-order valence-corrected chi connectivity index (χ2v) is 6.68. The van der Waals surface area contributed by atoms with E-state index in [0.717, 1.165) is 21.9 Å². The lowest BCUT2D eigenvalue weighted by atomic mass is 10.2. The van der Waals surface area contributed by atoms with Gasteiger partial charge in [-0.3, -0.25) is 0 Å². The summed E-state index contributed by atoms with van der Waals surface area (Å²) in [5.74, 6) is 1.20. The van der Waals surface area contributed by atoms with Gasteiger partial charge < -0.3 is 13.9 Å². The molecule has 140 valence electrons. The summed E-state index contributed by atoms with van der Waals surface area (Å²) in [6, 6.07) is 17.1. The summed E-state index contributed by atoms with van der Waals surface area (Å²) in [7, 11) is 1.61. The van der Waals surface area contributed by atoms with E-state index >= 15 is 0 Å². The number of ether oxygens (including phenoxy) is 2. The Balaban J connectivity index is 1.39. The molecule has 0 unspecified atom stereocenters. The van der Waals surface area contributed by atoms with E-state index in [1.54, 1.807) is 18.7 Å². The van der Waals surface area contributed by atoms with E-state index in [-0.39, 0.29) is 12.3 Å². The molecule has 0 aliphatic rings. The van der Waals surface area contributed by atoms with Gasteiger partial charge in [-0.2, -0.15) is 0 Å². The molecule has 0 amide bonds. The van der Waals surface area contributed by atoms with E-state index < -0.39 is 5.97 Å². The number of thiazole rings is 1. The Morgan fingerprint density at radius 2 is 1.86 bits per heavy atom. The number of carbonyl (C=O) groups is 1. The Morgan fingerprint density at radius 3 is 2.61 bits per heavy atom. The second-order valence-electron chi connectivity index (χ2n) is 5.83. The van der Waals surface area contributed by atoms with Crippen LogP contribution in [0.4, 0.5) is 0 Å². The molecule has 28 heavy (non-hydrogen) atoms. The SMILES string of the molecule is COc1ccc(-c2nc(C(=O)OCc3ncc(-c4ccccc4)o3)cs2)cc1. The first kappa shape index (κ1) is 17.9. The molecule has 0 atom stereocenters. The zero-order chi connectivity index (χ0) is 19.3. The number of hydrogen-bond acceptors (Lipinski definition) is 7. The number of benzene rings is 2. The largest absolute Gasteiger partial charge is 0.497 e. The van der Waals surface area contributed by atoms with Gasteiger partial charge >= 0.3 is 5.97 Å². The topological polar surface area (TPSA) is 74.5 Å². The minimum Gasteiger partial charge on any atom is -0.497 e. The lowest BCUT2D eigenvalue weighted by molar-refractivity contribution is 0.0433. The second kappa shape index (κ2) is 8.06. The molecule has 0 bridgehead atoms. The first-order valence-corrected chi connectivity index (χ1v) is 9.38. The molecule has 0 saturated heterocycles. The van der Waals surface area contributed by atoms with Crippen LogP contribution in [0.15, 0.2) is 70.6 Å². The van der Waals surface area contributed by atoms with Crippen molar-refractivity contribution in [2.75, 3.05) is 7.11 Å². The molecule has 0 spiro atoms. The summed E-state index contributed by atoms with van der Waals surface area (Å²) in [5, 5.41) is 2.41. The van der Waals surface area contributed by atoms with Gasteiger partial charge in [-0.25, -0.2) is 14.8 Å². The molecular formula is C21H16N2O4S. The Labute approximate surface area is 165 Å². The van der Waals surface area contributed by atoms with E-state index in [4.69, 9.17) is 13.9 Å². The molecule has 7 heteroatoms. The Hall–Kier alpha value is -3.45. The van der Waals surface area contributed by atoms with Gasteiger partial charge in [0.2, 0.25) is 5.89 Å². The van der Waals surface area contributed by atoms with Crippen molar-refractivity contribution in [3.05, 3.63) is 77.8 Å². The summed E-state index contributed by atoms with van der Waals surface area (Å²) in [4.78, 5) is 20.8. The molecular weight excluding hydrogens is 376 g/mol. The van der Waals surface area contributed by atoms with Crippen LogP contribution in [-0.2, 0) is 11.3 Å². The van der Waals surface area contributed by atoms with Gasteiger partial charge in [-0.15, -0.1) is 11.3 Å². The fourth-order valence-corrected chi connectivity index (χ4v) is 3.34. The molecule has 0 saturated carbocycles. The zero-order valence-electron chi connectivity index (χ0n) is 15.0. The summed E-state index contributed by atoms with van der Waals surface area (Å²) in [5.41, 5.74) is 2.08. The summed E-state index contributed by atoms with van der Waals surface area (Å²) < 4.78 is 16.1. The Bertz CT molecular complexity index is 1070. The summed E-state index contributed by atoms with van der Waals surface area (Å²) in [6.07, 6.45) is 1.61. The highest BCUT2D eigenvalue weighted by Crippen LogP contribution is 2.26. The fourth-order valence-electron chi connectivity index (χ4n) is 2.55. The number of esters is 1. The Morgan fingerprint density at radius 1 is 1.07 bits per heavy atom. The number of aromatic nitrogens is 2. The molecule has 6 nitrogen and oxygen atoms in total. The zero-order valence-corrected chi connectivity index (χ0v) is 15.8. The number of oxazole rings is 1. The maximum Gasteiger partial charge on any atom is 0.358 e. The quantitative estimate of drug-likeness (QED) is 0.438. The molecule has 0 N–H and O–H groups in total. The van der Waals surface area contributed by atoms with Crippen molar-refractivity contribution < 1.29 is 18.7 Å². The van der Waals surface area contributed by atoms with E-state index in [0.29, 0.717) is 11.7 Å². The highest BCUT2D eigenvalue weighted by molar-refractivity contribution is 7.13. The van der Waals surface area contributed by atoms with Crippen molar-refractivity contribution in [1.29, 1.82) is 0 Å². The fraction of sp³-hybridized carbons (Fsp3) is 0.0952. The van der Waals surface area contributed by atoms with E-state index in [1.165, 1.54) is 11.3 Å². The highest BCUT2D eigenvalue weighted by Gasteiger charge is 2.15. The van der Waals surface area contributed by atoms with Crippen LogP contribution in [0.25, 0.3) is 21.9 Å². The molecule has 4 rings (SSSR count). The number of hydrogen-bond donors (Lipinski definition) is 0. The van der Waals surface area contributed by atoms with Crippen LogP contribution in [0.1, 0.15) is 16.4 Å². The number of rotatable bonds is 6. The molecule has 0 radical (unpaired) electrons. The predicted molar refractivity (Wildman–Crippen MR) is 105 cm³/mol. The van der Waals surface area contributed by atoms with Gasteiger partial charge in [0.15, 0.2) is 18.1 Å². The lowest BCUT2D eigenvalue weighted by Gasteiger charge is -2.01. The Kier molecular flexibility index (Phi) is 5.16. The van der Waals surface area contributed by atoms with E-state index in [9.17, 15) is 4.79 Å². The third kappa shape index (κ3) is 3.94. The van der Waals surface area contributed by atoms with E-state index in [2.05, 4.69) is 9.97 Å². The molecule has 2 aromatic carbocycles. The number of nitrogens with zero attached hydrogens (tertiary/aromatic N) is 2. The summed E-state index contributed by atoms with van der Waals surface area (Å²) in [6.45, 7) is -0.0545. The lowest BCUT2D eigenvalue weighted by Crippen LogP contribution is -2.05. The van der Waals surface area contributed by atoms with Gasteiger partial charge in [-0.05, 0) is 24.3 Å². The van der Waals surface area contributed by atoms with Crippen molar-refractivity contribution in [2.24, 2.45) is 0 Å². The molecule has 2 heterocycles. The average Bonchev–Trinajstić information content (AvgIpc) is 3.43. The van der Waals surface area contributed by atoms with Gasteiger partial charge in [0.25, 0.3) is 0 Å². The van der Waals surface area contributed by atoms with Crippen LogP contribution in [-0.4, -0.2) is 23.0 Å². The third-order valence-electron chi connectivity index (χ3n) is 3.99. The predicted octanol–water partition coefficient (Wildman–Crippen LogP) is 4.83. The van der Waals surface area contributed by atoms with Crippen LogP contribution >= 0.6 is 11.3 Å². The molecule has 2 aromatic heterocycles. The molecule has 0 aliphatic carbocycles. The van der Waals surface area contributed by atoms with Crippen molar-refractivity contribution >= 4 is 17.3 Å². The van der Waals surface area contributed by atoms with Crippen LogP contribution in [0.2, 0.25) is 0 Å². The first-order valence-electron chi connectivity index (χ1n) is 8.50. The van der Waals surface area contributed by atoms with Gasteiger partial charge in [0, 0.05) is 16.5 Å². The minimum absolute atomic E-state index is 0.0545. The minimum atomic E-state index is -0.518. The van der Waals surface area contributed by atoms with Crippen molar-refractivity contribution in [2.45, 2.75) is 6.61 Å². The van der Waals surface area contributed by atoms with Crippen molar-refractivity contribution in [3.63, 3.8) is 0 Å². The van der Waals surface area contributed by atoms with Crippen LogP contribution in [0.3, 0.4) is 0 Å².